The van der Waals surface area contributed by atoms with E-state index in [0.717, 1.165) is 16.7 Å². The summed E-state index contributed by atoms with van der Waals surface area (Å²) in [6.07, 6.45) is 0. The van der Waals surface area contributed by atoms with Crippen LogP contribution in [0.1, 0.15) is 21.9 Å². The summed E-state index contributed by atoms with van der Waals surface area (Å²) in [6, 6.07) is 13.0. The first-order valence-electron chi connectivity index (χ1n) is 9.53. The van der Waals surface area contributed by atoms with Crippen LogP contribution in [-0.2, 0) is 0 Å². The van der Waals surface area contributed by atoms with E-state index in [2.05, 4.69) is 9.97 Å². The number of hydrogen-bond donors (Lipinski definition) is 3. The number of ketones is 1. The predicted molar refractivity (Wildman–Crippen MR) is 111 cm³/mol. The highest BCUT2D eigenvalue weighted by Gasteiger charge is 2.32. The van der Waals surface area contributed by atoms with Crippen molar-refractivity contribution in [2.75, 3.05) is 0 Å². The van der Waals surface area contributed by atoms with Gasteiger partial charge in [0.25, 0.3) is 0 Å². The van der Waals surface area contributed by atoms with Crippen LogP contribution in [-0.4, -0.2) is 30.5 Å². The maximum atomic E-state index is 14.1. The molecule has 5 rings (SSSR count). The van der Waals surface area contributed by atoms with Crippen molar-refractivity contribution in [3.63, 3.8) is 0 Å². The molecular weight excluding hydrogens is 420 g/mol. The number of H-pyrrole nitrogens is 1. The molecule has 9 heteroatoms. The Morgan fingerprint density at radius 1 is 1.06 bits per heavy atom. The number of fused-ring (bicyclic) bond motifs is 1. The van der Waals surface area contributed by atoms with Gasteiger partial charge in [-0.25, -0.2) is 18.3 Å². The zero-order valence-corrected chi connectivity index (χ0v) is 16.6. The summed E-state index contributed by atoms with van der Waals surface area (Å²) in [4.78, 5) is 20.6. The van der Waals surface area contributed by atoms with Gasteiger partial charge in [0.2, 0.25) is 17.6 Å². The molecule has 0 saturated heterocycles. The van der Waals surface area contributed by atoms with Crippen molar-refractivity contribution in [3.8, 4) is 28.8 Å². The number of imidazole rings is 1. The Kier molecular flexibility index (Phi) is 4.33. The number of carbonyl (C=O) groups is 1. The van der Waals surface area contributed by atoms with Crippen LogP contribution in [0, 0.1) is 18.6 Å². The van der Waals surface area contributed by atoms with Gasteiger partial charge >= 0.3 is 0 Å². The van der Waals surface area contributed by atoms with Gasteiger partial charge in [0, 0.05) is 5.56 Å². The second-order valence-electron chi connectivity index (χ2n) is 7.18. The van der Waals surface area contributed by atoms with E-state index < -0.39 is 29.0 Å². The fourth-order valence-corrected chi connectivity index (χ4v) is 3.61. The normalized spacial score (nSPS) is 11.3. The van der Waals surface area contributed by atoms with Crippen LogP contribution in [0.25, 0.3) is 28.2 Å². The largest absolute Gasteiger partial charge is 0.503 e. The highest BCUT2D eigenvalue weighted by molar-refractivity contribution is 6.14. The Morgan fingerprint density at radius 3 is 2.53 bits per heavy atom. The zero-order valence-electron chi connectivity index (χ0n) is 16.6. The van der Waals surface area contributed by atoms with Gasteiger partial charge in [-0.1, -0.05) is 12.1 Å². The van der Waals surface area contributed by atoms with Gasteiger partial charge in [-0.3, -0.25) is 4.79 Å². The van der Waals surface area contributed by atoms with Crippen LogP contribution in [0.4, 0.5) is 8.78 Å². The molecule has 0 fully saturated rings. The molecule has 3 aromatic heterocycles. The van der Waals surface area contributed by atoms with E-state index in [0.29, 0.717) is 16.8 Å². The predicted octanol–water partition coefficient (Wildman–Crippen LogP) is 4.84. The van der Waals surface area contributed by atoms with Gasteiger partial charge in [-0.2, -0.15) is 0 Å². The van der Waals surface area contributed by atoms with Gasteiger partial charge in [0.1, 0.15) is 5.76 Å². The Morgan fingerprint density at radius 2 is 1.84 bits per heavy atom. The summed E-state index contributed by atoms with van der Waals surface area (Å²) in [5.74, 6) is -4.01. The Bertz CT molecular complexity index is 1480. The average molecular weight is 435 g/mol. The molecule has 0 atom stereocenters. The van der Waals surface area contributed by atoms with Crippen molar-refractivity contribution < 1.29 is 28.2 Å². The molecule has 3 heterocycles. The standard InChI is InChI=1S/C23H15F2N3O4/c1-11-6-9-17(32-11)20(29)18-19(12-7-8-13(24)14(25)10-12)28(22(31)21(18)30)23-26-15-4-2-3-5-16(15)27-23/h2-10,30-31H,1H3,(H,26,27). The zero-order chi connectivity index (χ0) is 22.6. The number of carbonyl (C=O) groups excluding carboxylic acids is 1. The van der Waals surface area contributed by atoms with Gasteiger partial charge < -0.3 is 19.6 Å². The van der Waals surface area contributed by atoms with Gasteiger partial charge in [-0.05, 0) is 49.4 Å². The van der Waals surface area contributed by atoms with Crippen LogP contribution in [0.15, 0.2) is 59.0 Å². The molecule has 0 unspecified atom stereocenters. The molecular formula is C23H15F2N3O4. The van der Waals surface area contributed by atoms with E-state index in [9.17, 15) is 23.8 Å². The Balaban J connectivity index is 1.83. The second-order valence-corrected chi connectivity index (χ2v) is 7.18. The fraction of sp³-hybridized carbons (Fsp3) is 0.0435. The Hall–Kier alpha value is -4.40. The first-order chi connectivity index (χ1) is 15.3. The van der Waals surface area contributed by atoms with Crippen LogP contribution < -0.4 is 0 Å². The lowest BCUT2D eigenvalue weighted by atomic mass is 10.0. The topological polar surface area (TPSA) is 104 Å². The number of rotatable bonds is 4. The molecule has 0 saturated carbocycles. The number of aryl methyl sites for hydroxylation is 1. The minimum absolute atomic E-state index is 0.0339. The molecule has 2 aromatic carbocycles. The number of hydrogen-bond acceptors (Lipinski definition) is 5. The molecule has 0 radical (unpaired) electrons. The van der Waals surface area contributed by atoms with E-state index >= 15 is 0 Å². The van der Waals surface area contributed by atoms with E-state index in [1.807, 2.05) is 0 Å². The molecule has 32 heavy (non-hydrogen) atoms. The number of nitrogens with zero attached hydrogens (tertiary/aromatic N) is 2. The second kappa shape index (κ2) is 7.09. The number of para-hydroxylation sites is 2. The minimum Gasteiger partial charge on any atom is -0.503 e. The van der Waals surface area contributed by atoms with Gasteiger partial charge in [-0.15, -0.1) is 0 Å². The Labute approximate surface area is 179 Å². The first kappa shape index (κ1) is 19.6. The smallest absolute Gasteiger partial charge is 0.242 e. The number of aromatic nitrogens is 3. The van der Waals surface area contributed by atoms with E-state index in [1.165, 1.54) is 12.1 Å². The van der Waals surface area contributed by atoms with Crippen molar-refractivity contribution in [2.45, 2.75) is 6.92 Å². The fourth-order valence-electron chi connectivity index (χ4n) is 3.61. The van der Waals surface area contributed by atoms with Crippen LogP contribution in [0.5, 0.6) is 11.6 Å². The summed E-state index contributed by atoms with van der Waals surface area (Å²) in [7, 11) is 0. The van der Waals surface area contributed by atoms with Crippen LogP contribution >= 0.6 is 0 Å². The summed E-state index contributed by atoms with van der Waals surface area (Å²) in [6.45, 7) is 1.64. The van der Waals surface area contributed by atoms with Crippen molar-refractivity contribution in [3.05, 3.63) is 83.3 Å². The quantitative estimate of drug-likeness (QED) is 0.351. The summed E-state index contributed by atoms with van der Waals surface area (Å²) in [5, 5.41) is 21.5. The third kappa shape index (κ3) is 2.94. The monoisotopic (exact) mass is 435 g/mol. The van der Waals surface area contributed by atoms with E-state index in [1.54, 1.807) is 37.3 Å². The lowest BCUT2D eigenvalue weighted by molar-refractivity contribution is 0.101. The molecule has 0 aliphatic rings. The van der Waals surface area contributed by atoms with Crippen molar-refractivity contribution >= 4 is 16.8 Å². The minimum atomic E-state index is -1.16. The molecule has 0 amide bonds. The molecule has 0 aliphatic carbocycles. The lowest BCUT2D eigenvalue weighted by Gasteiger charge is -2.09. The highest BCUT2D eigenvalue weighted by Crippen LogP contribution is 2.44. The number of furan rings is 1. The number of aromatic hydroxyl groups is 2. The van der Waals surface area contributed by atoms with Crippen molar-refractivity contribution in [1.29, 1.82) is 0 Å². The first-order valence-corrected chi connectivity index (χ1v) is 9.53. The van der Waals surface area contributed by atoms with Crippen molar-refractivity contribution in [2.24, 2.45) is 0 Å². The molecule has 7 nitrogen and oxygen atoms in total. The maximum absolute atomic E-state index is 14.1. The molecule has 160 valence electrons. The summed E-state index contributed by atoms with van der Waals surface area (Å²) in [5.41, 5.74) is 0.786. The third-order valence-corrected chi connectivity index (χ3v) is 5.09. The van der Waals surface area contributed by atoms with Crippen molar-refractivity contribution in [1.82, 2.24) is 14.5 Å². The third-order valence-electron chi connectivity index (χ3n) is 5.09. The van der Waals surface area contributed by atoms with E-state index in [-0.39, 0.29) is 28.5 Å². The SMILES string of the molecule is Cc1ccc(C(=O)c2c(O)c(O)n(-c3nc4ccccc4[nH]3)c2-c2ccc(F)c(F)c2)o1. The number of halogens is 2. The van der Waals surface area contributed by atoms with Gasteiger partial charge in [0.05, 0.1) is 22.3 Å². The molecule has 0 bridgehead atoms. The van der Waals surface area contributed by atoms with E-state index in [4.69, 9.17) is 4.42 Å². The maximum Gasteiger partial charge on any atom is 0.242 e. The number of aromatic amines is 1. The number of benzene rings is 2. The molecule has 3 N–H and O–H groups in total. The molecule has 0 spiro atoms. The molecule has 5 aromatic rings. The van der Waals surface area contributed by atoms with Gasteiger partial charge in [0.15, 0.2) is 23.1 Å². The average Bonchev–Trinajstić information content (AvgIpc) is 3.46. The highest BCUT2D eigenvalue weighted by atomic mass is 19.2. The summed E-state index contributed by atoms with van der Waals surface area (Å²) >= 11 is 0. The van der Waals surface area contributed by atoms with Crippen LogP contribution in [0.3, 0.4) is 0 Å². The molecule has 0 aliphatic heterocycles. The number of nitrogens with one attached hydrogen (secondary N) is 1. The summed E-state index contributed by atoms with van der Waals surface area (Å²) < 4.78 is 34.2. The lowest BCUT2D eigenvalue weighted by Crippen LogP contribution is -2.05. The van der Waals surface area contributed by atoms with Crippen LogP contribution in [0.2, 0.25) is 0 Å².